The first-order valence-electron chi connectivity index (χ1n) is 7.55. The lowest BCUT2D eigenvalue weighted by Crippen LogP contribution is -2.06. The highest BCUT2D eigenvalue weighted by atomic mass is 14.5. The molecule has 0 bridgehead atoms. The molecule has 0 fully saturated rings. The topological polar surface area (TPSA) is 26.0 Å². The predicted octanol–water partition coefficient (Wildman–Crippen LogP) is 4.58. The van der Waals surface area contributed by atoms with Crippen LogP contribution in [0.3, 0.4) is 0 Å². The van der Waals surface area contributed by atoms with Crippen LogP contribution in [-0.4, -0.2) is 6.54 Å². The summed E-state index contributed by atoms with van der Waals surface area (Å²) < 4.78 is 0. The van der Waals surface area contributed by atoms with E-state index in [4.69, 9.17) is 5.73 Å². The van der Waals surface area contributed by atoms with E-state index in [1.54, 1.807) is 0 Å². The molecule has 2 aromatic carbocycles. The molecule has 0 aliphatic carbocycles. The number of hydrogen-bond donors (Lipinski definition) is 1. The van der Waals surface area contributed by atoms with E-state index in [0.717, 1.165) is 25.3 Å². The van der Waals surface area contributed by atoms with E-state index in [1.165, 1.54) is 28.7 Å². The van der Waals surface area contributed by atoms with Crippen LogP contribution in [-0.2, 0) is 6.42 Å². The third-order valence-corrected chi connectivity index (χ3v) is 3.92. The van der Waals surface area contributed by atoms with Crippen molar-refractivity contribution in [1.82, 2.24) is 0 Å². The number of aryl methyl sites for hydroxylation is 2. The van der Waals surface area contributed by atoms with Crippen LogP contribution < -0.4 is 5.73 Å². The summed E-state index contributed by atoms with van der Waals surface area (Å²) in [5.41, 5.74) is 10.9. The summed E-state index contributed by atoms with van der Waals surface area (Å²) in [6.07, 6.45) is 3.50. The van der Waals surface area contributed by atoms with Gasteiger partial charge in [-0.1, -0.05) is 61.0 Å². The minimum absolute atomic E-state index is 0.719. The molecule has 0 aliphatic rings. The van der Waals surface area contributed by atoms with Crippen LogP contribution in [0.15, 0.2) is 48.5 Å². The highest BCUT2D eigenvalue weighted by Crippen LogP contribution is 2.21. The number of benzene rings is 2. The van der Waals surface area contributed by atoms with Gasteiger partial charge in [0.2, 0.25) is 0 Å². The molecule has 2 aromatic rings. The molecule has 0 amide bonds. The van der Waals surface area contributed by atoms with Gasteiger partial charge in [0.05, 0.1) is 0 Å². The Bertz CT molecular complexity index is 510. The average molecular weight is 267 g/mol. The van der Waals surface area contributed by atoms with Crippen molar-refractivity contribution in [3.05, 3.63) is 59.7 Å². The van der Waals surface area contributed by atoms with Gasteiger partial charge in [-0.25, -0.2) is 0 Å². The number of hydrogen-bond acceptors (Lipinski definition) is 1. The number of rotatable bonds is 6. The highest BCUT2D eigenvalue weighted by molar-refractivity contribution is 5.63. The van der Waals surface area contributed by atoms with E-state index in [0.29, 0.717) is 0 Å². The van der Waals surface area contributed by atoms with Crippen LogP contribution in [0.5, 0.6) is 0 Å². The molecule has 0 aromatic heterocycles. The SMILES string of the molecule is Cc1ccc(-c2ccc(CCC(C)CCN)cc2)cc1. The Balaban J connectivity index is 1.97. The average Bonchev–Trinajstić information content (AvgIpc) is 2.47. The summed E-state index contributed by atoms with van der Waals surface area (Å²) in [6.45, 7) is 5.20. The van der Waals surface area contributed by atoms with Crippen molar-refractivity contribution in [2.45, 2.75) is 33.1 Å². The molecule has 106 valence electrons. The molecule has 0 saturated heterocycles. The maximum atomic E-state index is 5.59. The third-order valence-electron chi connectivity index (χ3n) is 3.92. The molecule has 1 unspecified atom stereocenters. The van der Waals surface area contributed by atoms with Crippen LogP contribution in [0.25, 0.3) is 11.1 Å². The Morgan fingerprint density at radius 3 is 1.95 bits per heavy atom. The molecular formula is C19H25N. The second-order valence-corrected chi connectivity index (χ2v) is 5.78. The number of nitrogens with two attached hydrogens (primary N) is 1. The normalized spacial score (nSPS) is 12.3. The minimum Gasteiger partial charge on any atom is -0.330 e. The summed E-state index contributed by atoms with van der Waals surface area (Å²) >= 11 is 0. The van der Waals surface area contributed by atoms with Crippen LogP contribution in [0, 0.1) is 12.8 Å². The molecule has 20 heavy (non-hydrogen) atoms. The van der Waals surface area contributed by atoms with Crippen molar-refractivity contribution in [3.63, 3.8) is 0 Å². The summed E-state index contributed by atoms with van der Waals surface area (Å²) in [4.78, 5) is 0. The molecule has 0 heterocycles. The van der Waals surface area contributed by atoms with Gasteiger partial charge >= 0.3 is 0 Å². The maximum Gasteiger partial charge on any atom is -0.00747 e. The van der Waals surface area contributed by atoms with Gasteiger partial charge in [-0.3, -0.25) is 0 Å². The lowest BCUT2D eigenvalue weighted by molar-refractivity contribution is 0.500. The summed E-state index contributed by atoms with van der Waals surface area (Å²) in [7, 11) is 0. The molecule has 1 heteroatoms. The molecule has 0 saturated carbocycles. The van der Waals surface area contributed by atoms with E-state index in [2.05, 4.69) is 62.4 Å². The smallest absolute Gasteiger partial charge is 0.00747 e. The zero-order chi connectivity index (χ0) is 14.4. The first-order valence-corrected chi connectivity index (χ1v) is 7.55. The van der Waals surface area contributed by atoms with E-state index in [1.807, 2.05) is 0 Å². The van der Waals surface area contributed by atoms with E-state index in [-0.39, 0.29) is 0 Å². The summed E-state index contributed by atoms with van der Waals surface area (Å²) in [5.74, 6) is 0.719. The van der Waals surface area contributed by atoms with Gasteiger partial charge in [0, 0.05) is 0 Å². The predicted molar refractivity (Wildman–Crippen MR) is 87.8 cm³/mol. The second-order valence-electron chi connectivity index (χ2n) is 5.78. The second kappa shape index (κ2) is 7.25. The fourth-order valence-corrected chi connectivity index (χ4v) is 2.45. The van der Waals surface area contributed by atoms with Crippen LogP contribution >= 0.6 is 0 Å². The fraction of sp³-hybridized carbons (Fsp3) is 0.368. The molecule has 0 aliphatic heterocycles. The van der Waals surface area contributed by atoms with Crippen LogP contribution in [0.2, 0.25) is 0 Å². The Hall–Kier alpha value is -1.60. The lowest BCUT2D eigenvalue weighted by atomic mass is 9.96. The largest absolute Gasteiger partial charge is 0.330 e. The lowest BCUT2D eigenvalue weighted by Gasteiger charge is -2.10. The van der Waals surface area contributed by atoms with Gasteiger partial charge < -0.3 is 5.73 Å². The van der Waals surface area contributed by atoms with E-state index >= 15 is 0 Å². The molecular weight excluding hydrogens is 242 g/mol. The Morgan fingerprint density at radius 1 is 0.850 bits per heavy atom. The molecule has 1 atom stereocenters. The van der Waals surface area contributed by atoms with Gasteiger partial charge in [0.15, 0.2) is 0 Å². The zero-order valence-corrected chi connectivity index (χ0v) is 12.6. The molecule has 1 nitrogen and oxygen atoms in total. The van der Waals surface area contributed by atoms with Gasteiger partial charge in [0.1, 0.15) is 0 Å². The summed E-state index contributed by atoms with van der Waals surface area (Å²) in [5, 5.41) is 0. The third kappa shape index (κ3) is 4.21. The first-order chi connectivity index (χ1) is 9.69. The molecule has 0 radical (unpaired) electrons. The Kier molecular flexibility index (Phi) is 5.37. The van der Waals surface area contributed by atoms with Crippen LogP contribution in [0.4, 0.5) is 0 Å². The van der Waals surface area contributed by atoms with Crippen molar-refractivity contribution >= 4 is 0 Å². The van der Waals surface area contributed by atoms with Crippen molar-refractivity contribution < 1.29 is 0 Å². The highest BCUT2D eigenvalue weighted by Gasteiger charge is 2.02. The zero-order valence-electron chi connectivity index (χ0n) is 12.6. The van der Waals surface area contributed by atoms with Crippen molar-refractivity contribution in [2.75, 3.05) is 6.54 Å². The van der Waals surface area contributed by atoms with Gasteiger partial charge in [-0.05, 0) is 55.3 Å². The fourth-order valence-electron chi connectivity index (χ4n) is 2.45. The van der Waals surface area contributed by atoms with E-state index in [9.17, 15) is 0 Å². The summed E-state index contributed by atoms with van der Waals surface area (Å²) in [6, 6.07) is 17.7. The van der Waals surface area contributed by atoms with Gasteiger partial charge in [0.25, 0.3) is 0 Å². The van der Waals surface area contributed by atoms with Crippen LogP contribution in [0.1, 0.15) is 30.9 Å². The minimum atomic E-state index is 0.719. The molecule has 2 N–H and O–H groups in total. The van der Waals surface area contributed by atoms with Gasteiger partial charge in [-0.2, -0.15) is 0 Å². The quantitative estimate of drug-likeness (QED) is 0.814. The Morgan fingerprint density at radius 2 is 1.40 bits per heavy atom. The molecule has 0 spiro atoms. The van der Waals surface area contributed by atoms with Crippen molar-refractivity contribution in [3.8, 4) is 11.1 Å². The van der Waals surface area contributed by atoms with Crippen molar-refractivity contribution in [1.29, 1.82) is 0 Å². The van der Waals surface area contributed by atoms with Gasteiger partial charge in [-0.15, -0.1) is 0 Å². The van der Waals surface area contributed by atoms with Crippen molar-refractivity contribution in [2.24, 2.45) is 11.7 Å². The van der Waals surface area contributed by atoms with E-state index < -0.39 is 0 Å². The first kappa shape index (κ1) is 14.8. The molecule has 2 rings (SSSR count). The maximum absolute atomic E-state index is 5.59. The monoisotopic (exact) mass is 267 g/mol. The Labute approximate surface area is 122 Å². The standard InChI is InChI=1S/C19H25N/c1-15-4-9-18(10-5-15)19-11-7-17(8-12-19)6-3-16(2)13-14-20/h4-5,7-12,16H,3,6,13-14,20H2,1-2H3.